The van der Waals surface area contributed by atoms with Crippen molar-refractivity contribution in [2.75, 3.05) is 6.54 Å². The lowest BCUT2D eigenvalue weighted by atomic mass is 10.3. The number of rotatable bonds is 4. The van der Waals surface area contributed by atoms with Gasteiger partial charge in [-0.2, -0.15) is 0 Å². The van der Waals surface area contributed by atoms with Crippen LogP contribution in [-0.2, 0) is 0 Å². The highest BCUT2D eigenvalue weighted by Gasteiger charge is 2.07. The summed E-state index contributed by atoms with van der Waals surface area (Å²) in [7, 11) is 0. The second-order valence-electron chi connectivity index (χ2n) is 2.84. The van der Waals surface area contributed by atoms with E-state index in [-0.39, 0.29) is 11.3 Å². The maximum atomic E-state index is 11.4. The first kappa shape index (κ1) is 10.9. The number of hydrogen-bond donors (Lipinski definition) is 1. The highest BCUT2D eigenvalue weighted by Crippen LogP contribution is 1.99. The number of amides is 1. The second-order valence-corrected chi connectivity index (χ2v) is 3.46. The summed E-state index contributed by atoms with van der Waals surface area (Å²) in [5, 5.41) is 2.67. The van der Waals surface area contributed by atoms with Gasteiger partial charge in [-0.15, -0.1) is 11.6 Å². The summed E-state index contributed by atoms with van der Waals surface area (Å²) in [5.74, 6) is -0.190. The Kier molecular flexibility index (Phi) is 4.32. The predicted octanol–water partition coefficient (Wildman–Crippen LogP) is 1.22. The van der Waals surface area contributed by atoms with Gasteiger partial charge >= 0.3 is 0 Å². The Labute approximate surface area is 87.7 Å². The monoisotopic (exact) mass is 213 g/mol. The molecule has 1 rings (SSSR count). The summed E-state index contributed by atoms with van der Waals surface area (Å²) < 4.78 is 0. The first-order chi connectivity index (χ1) is 6.74. The van der Waals surface area contributed by atoms with Crippen molar-refractivity contribution in [2.24, 2.45) is 0 Å². The van der Waals surface area contributed by atoms with Crippen LogP contribution < -0.4 is 5.32 Å². The van der Waals surface area contributed by atoms with Gasteiger partial charge in [0.15, 0.2) is 0 Å². The molecule has 0 bridgehead atoms. The SMILES string of the molecule is CCC(Cl)CNC(=O)c1cncnc1. The van der Waals surface area contributed by atoms with Crippen LogP contribution in [0.2, 0.25) is 0 Å². The van der Waals surface area contributed by atoms with Crippen LogP contribution in [-0.4, -0.2) is 27.8 Å². The van der Waals surface area contributed by atoms with Crippen LogP contribution >= 0.6 is 11.6 Å². The average Bonchev–Trinajstić information content (AvgIpc) is 2.26. The van der Waals surface area contributed by atoms with Gasteiger partial charge in [0.1, 0.15) is 6.33 Å². The minimum Gasteiger partial charge on any atom is -0.350 e. The largest absolute Gasteiger partial charge is 0.350 e. The second kappa shape index (κ2) is 5.54. The van der Waals surface area contributed by atoms with E-state index >= 15 is 0 Å². The molecule has 1 aromatic heterocycles. The Hall–Kier alpha value is -1.16. The molecule has 0 spiro atoms. The Morgan fingerprint density at radius 3 is 2.79 bits per heavy atom. The molecule has 1 unspecified atom stereocenters. The third-order valence-electron chi connectivity index (χ3n) is 1.75. The van der Waals surface area contributed by atoms with Crippen molar-refractivity contribution in [3.8, 4) is 0 Å². The summed E-state index contributed by atoms with van der Waals surface area (Å²) in [6.07, 6.45) is 5.15. The van der Waals surface area contributed by atoms with E-state index < -0.39 is 0 Å². The van der Waals surface area contributed by atoms with E-state index in [4.69, 9.17) is 11.6 Å². The van der Waals surface area contributed by atoms with Crippen molar-refractivity contribution < 1.29 is 4.79 Å². The maximum absolute atomic E-state index is 11.4. The molecule has 1 aromatic rings. The van der Waals surface area contributed by atoms with Gasteiger partial charge < -0.3 is 5.32 Å². The number of carbonyl (C=O) groups excluding carboxylic acids is 1. The first-order valence-corrected chi connectivity index (χ1v) is 4.85. The van der Waals surface area contributed by atoms with E-state index in [1.165, 1.54) is 18.7 Å². The molecule has 0 aromatic carbocycles. The molecule has 0 fully saturated rings. The van der Waals surface area contributed by atoms with Crippen LogP contribution in [0.4, 0.5) is 0 Å². The Bertz CT molecular complexity index is 291. The van der Waals surface area contributed by atoms with Gasteiger partial charge in [0.2, 0.25) is 0 Å². The Morgan fingerprint density at radius 2 is 2.21 bits per heavy atom. The van der Waals surface area contributed by atoms with Crippen molar-refractivity contribution in [3.63, 3.8) is 0 Å². The highest BCUT2D eigenvalue weighted by molar-refractivity contribution is 6.20. The van der Waals surface area contributed by atoms with Crippen LogP contribution in [0.3, 0.4) is 0 Å². The number of alkyl halides is 1. The van der Waals surface area contributed by atoms with Crippen LogP contribution in [0.25, 0.3) is 0 Å². The summed E-state index contributed by atoms with van der Waals surface area (Å²) in [5.41, 5.74) is 0.451. The molecule has 0 aliphatic heterocycles. The molecule has 1 heterocycles. The molecule has 76 valence electrons. The van der Waals surface area contributed by atoms with Gasteiger partial charge in [-0.1, -0.05) is 6.92 Å². The van der Waals surface area contributed by atoms with Crippen LogP contribution in [0.15, 0.2) is 18.7 Å². The van der Waals surface area contributed by atoms with E-state index in [1.807, 2.05) is 6.92 Å². The molecule has 1 amide bonds. The quantitative estimate of drug-likeness (QED) is 0.766. The molecule has 14 heavy (non-hydrogen) atoms. The van der Waals surface area contributed by atoms with Crippen molar-refractivity contribution in [1.29, 1.82) is 0 Å². The summed E-state index contributed by atoms with van der Waals surface area (Å²) >= 11 is 5.85. The lowest BCUT2D eigenvalue weighted by molar-refractivity contribution is 0.0952. The van der Waals surface area contributed by atoms with Crippen LogP contribution in [0.1, 0.15) is 23.7 Å². The zero-order valence-corrected chi connectivity index (χ0v) is 8.66. The van der Waals surface area contributed by atoms with Gasteiger partial charge in [0, 0.05) is 18.9 Å². The Balaban J connectivity index is 2.44. The highest BCUT2D eigenvalue weighted by atomic mass is 35.5. The summed E-state index contributed by atoms with van der Waals surface area (Å²) in [6.45, 7) is 2.43. The van der Waals surface area contributed by atoms with E-state index in [2.05, 4.69) is 15.3 Å². The van der Waals surface area contributed by atoms with Gasteiger partial charge in [-0.05, 0) is 6.42 Å². The maximum Gasteiger partial charge on any atom is 0.254 e. The van der Waals surface area contributed by atoms with Crippen molar-refractivity contribution >= 4 is 17.5 Å². The molecule has 1 atom stereocenters. The summed E-state index contributed by atoms with van der Waals surface area (Å²) in [4.78, 5) is 18.9. The first-order valence-electron chi connectivity index (χ1n) is 4.41. The normalized spacial score (nSPS) is 12.1. The topological polar surface area (TPSA) is 54.9 Å². The van der Waals surface area contributed by atoms with E-state index in [0.717, 1.165) is 6.42 Å². The van der Waals surface area contributed by atoms with Crippen molar-refractivity contribution in [1.82, 2.24) is 15.3 Å². The zero-order valence-electron chi connectivity index (χ0n) is 7.90. The lowest BCUT2D eigenvalue weighted by Gasteiger charge is -2.07. The van der Waals surface area contributed by atoms with Gasteiger partial charge in [0.05, 0.1) is 10.9 Å². The fraction of sp³-hybridized carbons (Fsp3) is 0.444. The van der Waals surface area contributed by atoms with Crippen LogP contribution in [0, 0.1) is 0 Å². The summed E-state index contributed by atoms with van der Waals surface area (Å²) in [6, 6.07) is 0. The number of halogens is 1. The fourth-order valence-corrected chi connectivity index (χ4v) is 0.943. The van der Waals surface area contributed by atoms with E-state index in [1.54, 1.807) is 0 Å². The molecule has 0 radical (unpaired) electrons. The standard InChI is InChI=1S/C9H12ClN3O/c1-2-8(10)5-13-9(14)7-3-11-6-12-4-7/h3-4,6,8H,2,5H2,1H3,(H,13,14). The molecular formula is C9H12ClN3O. The molecule has 0 saturated carbocycles. The molecule has 0 aliphatic carbocycles. The molecule has 5 heteroatoms. The van der Waals surface area contributed by atoms with Crippen LogP contribution in [0.5, 0.6) is 0 Å². The lowest BCUT2D eigenvalue weighted by Crippen LogP contribution is -2.29. The number of aromatic nitrogens is 2. The molecule has 0 aliphatic rings. The van der Waals surface area contributed by atoms with Gasteiger partial charge in [-0.25, -0.2) is 9.97 Å². The zero-order chi connectivity index (χ0) is 10.4. The minimum absolute atomic E-state index is 0.0245. The molecule has 4 nitrogen and oxygen atoms in total. The van der Waals surface area contributed by atoms with Crippen molar-refractivity contribution in [2.45, 2.75) is 18.7 Å². The van der Waals surface area contributed by atoms with E-state index in [9.17, 15) is 4.79 Å². The van der Waals surface area contributed by atoms with Gasteiger partial charge in [0.25, 0.3) is 5.91 Å². The van der Waals surface area contributed by atoms with E-state index in [0.29, 0.717) is 12.1 Å². The molecular weight excluding hydrogens is 202 g/mol. The fourth-order valence-electron chi connectivity index (χ4n) is 0.866. The van der Waals surface area contributed by atoms with Crippen molar-refractivity contribution in [3.05, 3.63) is 24.3 Å². The smallest absolute Gasteiger partial charge is 0.254 e. The molecule has 0 saturated heterocycles. The predicted molar refractivity (Wildman–Crippen MR) is 54.3 cm³/mol. The third kappa shape index (κ3) is 3.30. The number of nitrogens with one attached hydrogen (secondary N) is 1. The average molecular weight is 214 g/mol. The molecule has 1 N–H and O–H groups in total. The van der Waals surface area contributed by atoms with Gasteiger partial charge in [-0.3, -0.25) is 4.79 Å². The minimum atomic E-state index is -0.190. The Morgan fingerprint density at radius 1 is 1.57 bits per heavy atom. The number of nitrogens with zero attached hydrogens (tertiary/aromatic N) is 2. The number of hydrogen-bond acceptors (Lipinski definition) is 3. The third-order valence-corrected chi connectivity index (χ3v) is 2.21. The number of carbonyl (C=O) groups is 1.